The summed E-state index contributed by atoms with van der Waals surface area (Å²) in [6, 6.07) is 7.33. The lowest BCUT2D eigenvalue weighted by molar-refractivity contribution is 0.580. The third-order valence-electron chi connectivity index (χ3n) is 2.59. The fourth-order valence-corrected chi connectivity index (χ4v) is 2.53. The third kappa shape index (κ3) is 5.55. The van der Waals surface area contributed by atoms with Crippen LogP contribution >= 0.6 is 0 Å². The molecule has 5 heteroatoms. The van der Waals surface area contributed by atoms with Crippen molar-refractivity contribution in [1.29, 1.82) is 0 Å². The molecular weight excluding hydrogens is 260 g/mol. The van der Waals surface area contributed by atoms with E-state index in [4.69, 9.17) is 0 Å². The van der Waals surface area contributed by atoms with E-state index in [1.807, 2.05) is 12.1 Å². The minimum atomic E-state index is -3.40. The maximum atomic E-state index is 11.9. The molecule has 0 bridgehead atoms. The minimum absolute atomic E-state index is 0.296. The number of nitrogens with one attached hydrogen (secondary N) is 2. The molecule has 4 nitrogen and oxygen atoms in total. The molecule has 0 aromatic heterocycles. The molecule has 0 saturated heterocycles. The summed E-state index contributed by atoms with van der Waals surface area (Å²) in [6.45, 7) is 8.82. The smallest absolute Gasteiger partial charge is 0.240 e. The van der Waals surface area contributed by atoms with E-state index in [2.05, 4.69) is 30.5 Å². The van der Waals surface area contributed by atoms with Crippen molar-refractivity contribution in [2.75, 3.05) is 6.54 Å². The predicted octanol–water partition coefficient (Wildman–Crippen LogP) is 2.04. The number of hydrogen-bond donors (Lipinski definition) is 2. The summed E-state index contributed by atoms with van der Waals surface area (Å²) in [5.74, 6) is 0. The quantitative estimate of drug-likeness (QED) is 0.566. The molecule has 0 atom stereocenters. The Morgan fingerprint density at radius 3 is 2.42 bits per heavy atom. The Bertz CT molecular complexity index is 493. The summed E-state index contributed by atoms with van der Waals surface area (Å²) in [4.78, 5) is 0.296. The number of benzene rings is 1. The monoisotopic (exact) mass is 282 g/mol. The van der Waals surface area contributed by atoms with E-state index in [-0.39, 0.29) is 0 Å². The van der Waals surface area contributed by atoms with Crippen LogP contribution in [0.4, 0.5) is 0 Å². The van der Waals surface area contributed by atoms with E-state index in [9.17, 15) is 8.42 Å². The van der Waals surface area contributed by atoms with Crippen molar-refractivity contribution in [1.82, 2.24) is 10.0 Å². The first-order chi connectivity index (χ1) is 8.95. The van der Waals surface area contributed by atoms with Crippen LogP contribution < -0.4 is 10.0 Å². The lowest BCUT2D eigenvalue weighted by atomic mass is 10.2. The first-order valence-electron chi connectivity index (χ1n) is 6.38. The first-order valence-corrected chi connectivity index (χ1v) is 7.87. The van der Waals surface area contributed by atoms with E-state index < -0.39 is 10.0 Å². The van der Waals surface area contributed by atoms with E-state index in [1.54, 1.807) is 18.2 Å². The normalized spacial score (nSPS) is 11.7. The van der Waals surface area contributed by atoms with Crippen molar-refractivity contribution >= 4 is 10.0 Å². The highest BCUT2D eigenvalue weighted by molar-refractivity contribution is 7.89. The van der Waals surface area contributed by atoms with Crippen LogP contribution in [0.1, 0.15) is 25.8 Å². The summed E-state index contributed by atoms with van der Waals surface area (Å²) in [7, 11) is -3.40. The second-order valence-corrected chi connectivity index (χ2v) is 6.42. The van der Waals surface area contributed by atoms with Crippen LogP contribution in [-0.4, -0.2) is 21.0 Å². The van der Waals surface area contributed by atoms with Crippen LogP contribution in [0.3, 0.4) is 0 Å². The van der Waals surface area contributed by atoms with Crippen molar-refractivity contribution in [2.45, 2.75) is 37.8 Å². The molecule has 0 saturated carbocycles. The van der Waals surface area contributed by atoms with E-state index in [0.717, 1.165) is 12.1 Å². The van der Waals surface area contributed by atoms with E-state index >= 15 is 0 Å². The molecule has 1 aromatic carbocycles. The van der Waals surface area contributed by atoms with Crippen molar-refractivity contribution in [3.8, 4) is 0 Å². The molecule has 1 aromatic rings. The largest absolute Gasteiger partial charge is 0.310 e. The summed E-state index contributed by atoms with van der Waals surface area (Å²) in [6.07, 6.45) is 2.30. The van der Waals surface area contributed by atoms with Crippen molar-refractivity contribution in [2.24, 2.45) is 0 Å². The van der Waals surface area contributed by atoms with Gasteiger partial charge >= 0.3 is 0 Å². The molecule has 1 rings (SSSR count). The van der Waals surface area contributed by atoms with Gasteiger partial charge in [0.25, 0.3) is 0 Å². The van der Waals surface area contributed by atoms with E-state index in [0.29, 0.717) is 23.9 Å². The SMILES string of the molecule is C=CCCNS(=O)(=O)c1ccc(CNC(C)C)cc1. The molecule has 0 fully saturated rings. The van der Waals surface area contributed by atoms with Crippen molar-refractivity contribution < 1.29 is 8.42 Å². The Hall–Kier alpha value is -1.17. The summed E-state index contributed by atoms with van der Waals surface area (Å²) in [5, 5.41) is 3.29. The maximum absolute atomic E-state index is 11.9. The van der Waals surface area contributed by atoms with Crippen LogP contribution in [0.25, 0.3) is 0 Å². The highest BCUT2D eigenvalue weighted by atomic mass is 32.2. The van der Waals surface area contributed by atoms with Gasteiger partial charge in [0, 0.05) is 19.1 Å². The molecule has 0 aliphatic rings. The second-order valence-electron chi connectivity index (χ2n) is 4.65. The molecule has 2 N–H and O–H groups in total. The molecule has 0 aliphatic carbocycles. The number of rotatable bonds is 8. The molecule has 0 radical (unpaired) electrons. The zero-order chi connectivity index (χ0) is 14.3. The molecule has 0 heterocycles. The fourth-order valence-electron chi connectivity index (χ4n) is 1.49. The van der Waals surface area contributed by atoms with Gasteiger partial charge in [0.1, 0.15) is 0 Å². The van der Waals surface area contributed by atoms with Crippen LogP contribution in [0.5, 0.6) is 0 Å². The Balaban J connectivity index is 2.66. The topological polar surface area (TPSA) is 58.2 Å². The van der Waals surface area contributed by atoms with Gasteiger partial charge in [-0.2, -0.15) is 0 Å². The van der Waals surface area contributed by atoms with Gasteiger partial charge in [-0.3, -0.25) is 0 Å². The van der Waals surface area contributed by atoms with Crippen LogP contribution in [0.2, 0.25) is 0 Å². The molecular formula is C14H22N2O2S. The highest BCUT2D eigenvalue weighted by Gasteiger charge is 2.12. The van der Waals surface area contributed by atoms with Crippen molar-refractivity contribution in [3.63, 3.8) is 0 Å². The van der Waals surface area contributed by atoms with Gasteiger partial charge in [0.05, 0.1) is 4.90 Å². The van der Waals surface area contributed by atoms with Gasteiger partial charge in [-0.15, -0.1) is 6.58 Å². The maximum Gasteiger partial charge on any atom is 0.240 e. The lowest BCUT2D eigenvalue weighted by Crippen LogP contribution is -2.24. The molecule has 106 valence electrons. The summed E-state index contributed by atoms with van der Waals surface area (Å²) in [5.41, 5.74) is 1.07. The molecule has 0 spiro atoms. The van der Waals surface area contributed by atoms with Gasteiger partial charge < -0.3 is 5.32 Å². The molecule has 19 heavy (non-hydrogen) atoms. The average molecular weight is 282 g/mol. The Kier molecular flexibility index (Phi) is 6.21. The average Bonchev–Trinajstić information content (AvgIpc) is 2.37. The first kappa shape index (κ1) is 15.9. The van der Waals surface area contributed by atoms with Crippen LogP contribution in [-0.2, 0) is 16.6 Å². The van der Waals surface area contributed by atoms with Crippen LogP contribution in [0.15, 0.2) is 41.8 Å². The lowest BCUT2D eigenvalue weighted by Gasteiger charge is -2.09. The number of sulfonamides is 1. The number of hydrogen-bond acceptors (Lipinski definition) is 3. The Morgan fingerprint density at radius 2 is 1.89 bits per heavy atom. The molecule has 0 unspecified atom stereocenters. The minimum Gasteiger partial charge on any atom is -0.310 e. The van der Waals surface area contributed by atoms with Gasteiger partial charge in [-0.05, 0) is 24.1 Å². The van der Waals surface area contributed by atoms with Gasteiger partial charge in [-0.1, -0.05) is 32.1 Å². The Labute approximate surface area is 116 Å². The molecule has 0 amide bonds. The predicted molar refractivity (Wildman–Crippen MR) is 78.4 cm³/mol. The van der Waals surface area contributed by atoms with Crippen molar-refractivity contribution in [3.05, 3.63) is 42.5 Å². The highest BCUT2D eigenvalue weighted by Crippen LogP contribution is 2.10. The zero-order valence-electron chi connectivity index (χ0n) is 11.5. The Morgan fingerprint density at radius 1 is 1.26 bits per heavy atom. The third-order valence-corrected chi connectivity index (χ3v) is 4.07. The standard InChI is InChI=1S/C14H22N2O2S/c1-4-5-10-16-19(17,18)14-8-6-13(7-9-14)11-15-12(2)3/h4,6-9,12,15-16H,1,5,10-11H2,2-3H3. The fraction of sp³-hybridized carbons (Fsp3) is 0.429. The van der Waals surface area contributed by atoms with Gasteiger partial charge in [0.15, 0.2) is 0 Å². The second kappa shape index (κ2) is 7.43. The van der Waals surface area contributed by atoms with Crippen LogP contribution in [0, 0.1) is 0 Å². The van der Waals surface area contributed by atoms with Gasteiger partial charge in [-0.25, -0.2) is 13.1 Å². The summed E-state index contributed by atoms with van der Waals surface area (Å²) >= 11 is 0. The molecule has 0 aliphatic heterocycles. The van der Waals surface area contributed by atoms with Gasteiger partial charge in [0.2, 0.25) is 10.0 Å². The van der Waals surface area contributed by atoms with E-state index in [1.165, 1.54) is 0 Å². The summed E-state index contributed by atoms with van der Waals surface area (Å²) < 4.78 is 26.4. The zero-order valence-corrected chi connectivity index (χ0v) is 12.3.